The normalized spacial score (nSPS) is 17.7. The summed E-state index contributed by atoms with van der Waals surface area (Å²) in [6, 6.07) is 9.57. The van der Waals surface area contributed by atoms with E-state index in [9.17, 15) is 19.1 Å². The van der Waals surface area contributed by atoms with Crippen molar-refractivity contribution >= 4 is 11.9 Å². The third-order valence-corrected chi connectivity index (χ3v) is 9.05. The maximum absolute atomic E-state index is 16.0. The number of hydrogen-bond donors (Lipinski definition) is 1. The molecular weight excluding hydrogens is 552 g/mol. The Morgan fingerprint density at radius 1 is 1.07 bits per heavy atom. The molecule has 2 fully saturated rings. The summed E-state index contributed by atoms with van der Waals surface area (Å²) in [6.07, 6.45) is 5.49. The van der Waals surface area contributed by atoms with Crippen molar-refractivity contribution in [1.29, 1.82) is 0 Å². The number of carbonyl (C=O) groups excluding carboxylic acids is 1. The van der Waals surface area contributed by atoms with E-state index in [1.165, 1.54) is 25.3 Å². The van der Waals surface area contributed by atoms with Crippen molar-refractivity contribution in [1.82, 2.24) is 14.8 Å². The van der Waals surface area contributed by atoms with Gasteiger partial charge in [0.1, 0.15) is 5.82 Å². The highest BCUT2D eigenvalue weighted by molar-refractivity contribution is 5.99. The molecule has 9 heteroatoms. The number of methoxy groups -OCH3 is 1. The zero-order valence-electron chi connectivity index (χ0n) is 24.7. The molecule has 6 rings (SSSR count). The Balaban J connectivity index is 1.18. The zero-order valence-corrected chi connectivity index (χ0v) is 24.7. The number of rotatable bonds is 9. The van der Waals surface area contributed by atoms with Crippen molar-refractivity contribution in [2.45, 2.75) is 70.4 Å². The van der Waals surface area contributed by atoms with Gasteiger partial charge in [-0.15, -0.1) is 0 Å². The number of carbonyl (C=O) groups is 2. The first-order valence-corrected chi connectivity index (χ1v) is 15.2. The summed E-state index contributed by atoms with van der Waals surface area (Å²) in [5.74, 6) is -1.46. The van der Waals surface area contributed by atoms with E-state index in [0.717, 1.165) is 56.3 Å². The number of aryl methyl sites for hydroxylation is 1. The predicted molar refractivity (Wildman–Crippen MR) is 159 cm³/mol. The van der Waals surface area contributed by atoms with Crippen molar-refractivity contribution < 1.29 is 28.2 Å². The lowest BCUT2D eigenvalue weighted by atomic mass is 9.92. The van der Waals surface area contributed by atoms with Gasteiger partial charge in [-0.05, 0) is 73.4 Å². The summed E-state index contributed by atoms with van der Waals surface area (Å²) in [6.45, 7) is 4.54. The minimum atomic E-state index is -1.06. The van der Waals surface area contributed by atoms with Crippen LogP contribution < -0.4 is 4.74 Å². The van der Waals surface area contributed by atoms with Gasteiger partial charge in [-0.1, -0.05) is 25.5 Å². The van der Waals surface area contributed by atoms with Crippen LogP contribution in [0.1, 0.15) is 88.2 Å². The molecule has 1 saturated carbocycles. The van der Waals surface area contributed by atoms with Crippen LogP contribution in [0.2, 0.25) is 0 Å². The second-order valence-electron chi connectivity index (χ2n) is 11.9. The van der Waals surface area contributed by atoms with Crippen molar-refractivity contribution in [2.75, 3.05) is 26.7 Å². The molecule has 0 radical (unpaired) electrons. The maximum Gasteiger partial charge on any atom is 0.337 e. The van der Waals surface area contributed by atoms with Crippen LogP contribution in [-0.2, 0) is 19.4 Å². The third-order valence-electron chi connectivity index (χ3n) is 9.05. The van der Waals surface area contributed by atoms with Crippen molar-refractivity contribution in [2.24, 2.45) is 0 Å². The predicted octanol–water partition coefficient (Wildman–Crippen LogP) is 6.23. The van der Waals surface area contributed by atoms with Crippen molar-refractivity contribution in [3.05, 3.63) is 81.7 Å². The van der Waals surface area contributed by atoms with Crippen LogP contribution in [0.15, 0.2) is 36.4 Å². The summed E-state index contributed by atoms with van der Waals surface area (Å²) in [4.78, 5) is 34.1. The molecule has 0 bridgehead atoms. The molecule has 2 aliphatic heterocycles. The molecule has 3 aliphatic rings. The summed E-state index contributed by atoms with van der Waals surface area (Å²) >= 11 is 0. The molecule has 1 saturated heterocycles. The van der Waals surface area contributed by atoms with Crippen molar-refractivity contribution in [3.63, 3.8) is 0 Å². The second kappa shape index (κ2) is 12.0. The van der Waals surface area contributed by atoms with Gasteiger partial charge in [-0.2, -0.15) is 0 Å². The van der Waals surface area contributed by atoms with Crippen LogP contribution in [0, 0.1) is 11.6 Å². The number of fused-ring (bicyclic) bond motifs is 1. The Kier molecular flexibility index (Phi) is 8.18. The quantitative estimate of drug-likeness (QED) is 0.319. The number of amides is 1. The summed E-state index contributed by atoms with van der Waals surface area (Å²) in [7, 11) is 1.48. The lowest BCUT2D eigenvalue weighted by Gasteiger charge is -2.40. The van der Waals surface area contributed by atoms with Crippen LogP contribution >= 0.6 is 0 Å². The van der Waals surface area contributed by atoms with Gasteiger partial charge in [0, 0.05) is 49.8 Å². The van der Waals surface area contributed by atoms with Gasteiger partial charge in [0.05, 0.1) is 29.6 Å². The number of likely N-dealkylation sites (tertiary alicyclic amines) is 1. The molecule has 0 unspecified atom stereocenters. The molecule has 3 heterocycles. The minimum absolute atomic E-state index is 0.0435. The van der Waals surface area contributed by atoms with Gasteiger partial charge in [-0.3, -0.25) is 14.7 Å². The van der Waals surface area contributed by atoms with E-state index in [4.69, 9.17) is 4.74 Å². The molecule has 1 aliphatic carbocycles. The lowest BCUT2D eigenvalue weighted by molar-refractivity contribution is 0.0543. The number of benzene rings is 2. The Morgan fingerprint density at radius 2 is 1.79 bits per heavy atom. The first-order chi connectivity index (χ1) is 20.8. The highest BCUT2D eigenvalue weighted by atomic mass is 19.1. The molecule has 7 nitrogen and oxygen atoms in total. The fraction of sp³-hybridized carbons (Fsp3) is 0.441. The van der Waals surface area contributed by atoms with Crippen LogP contribution in [0.4, 0.5) is 8.78 Å². The first kappa shape index (κ1) is 29.2. The third kappa shape index (κ3) is 5.75. The molecule has 1 N–H and O–H groups in total. The van der Waals surface area contributed by atoms with E-state index in [1.54, 1.807) is 12.1 Å². The average Bonchev–Trinajstić information content (AvgIpc) is 3.84. The van der Waals surface area contributed by atoms with E-state index in [-0.39, 0.29) is 35.0 Å². The molecule has 2 aromatic carbocycles. The number of piperidine rings is 1. The van der Waals surface area contributed by atoms with Crippen LogP contribution in [-0.4, -0.2) is 64.6 Å². The van der Waals surface area contributed by atoms with Crippen molar-refractivity contribution in [3.8, 4) is 16.9 Å². The molecule has 1 amide bonds. The van der Waals surface area contributed by atoms with Crippen LogP contribution in [0.3, 0.4) is 0 Å². The first-order valence-electron chi connectivity index (χ1n) is 15.2. The summed E-state index contributed by atoms with van der Waals surface area (Å²) in [5, 5.41) is 9.72. The highest BCUT2D eigenvalue weighted by Crippen LogP contribution is 2.48. The van der Waals surface area contributed by atoms with E-state index in [1.807, 2.05) is 11.8 Å². The minimum Gasteiger partial charge on any atom is -0.493 e. The lowest BCUT2D eigenvalue weighted by Crippen LogP contribution is -2.50. The largest absolute Gasteiger partial charge is 0.493 e. The second-order valence-corrected chi connectivity index (χ2v) is 11.9. The molecule has 226 valence electrons. The number of nitrogens with zero attached hydrogens (tertiary/aromatic N) is 3. The fourth-order valence-corrected chi connectivity index (χ4v) is 6.71. The Bertz CT molecular complexity index is 1550. The van der Waals surface area contributed by atoms with Gasteiger partial charge in [0.15, 0.2) is 11.6 Å². The standard InChI is InChI=1S/C34H37F2N3O4/c1-3-4-28-27(34(41)42)18-26-29(37-28)13-16-39(33(26)40)24-11-14-38(15-12-24)19-22-17-25(20-5-6-20)30(31(36)32(22)43-2)21-7-9-23(35)10-8-21/h7-10,17-18,20,24H,3-6,11-16,19H2,1-2H3,(H,41,42). The summed E-state index contributed by atoms with van der Waals surface area (Å²) in [5.41, 5.74) is 4.64. The van der Waals surface area contributed by atoms with Gasteiger partial charge < -0.3 is 14.7 Å². The van der Waals surface area contributed by atoms with E-state index in [2.05, 4.69) is 16.0 Å². The number of hydrogen-bond acceptors (Lipinski definition) is 5. The van der Waals surface area contributed by atoms with E-state index < -0.39 is 11.8 Å². The number of pyridine rings is 1. The van der Waals surface area contributed by atoms with Gasteiger partial charge in [0.25, 0.3) is 5.91 Å². The molecule has 0 spiro atoms. The Labute approximate surface area is 250 Å². The molecule has 0 atom stereocenters. The molecule has 3 aromatic rings. The maximum atomic E-state index is 16.0. The molecular formula is C34H37F2N3O4. The number of ether oxygens (including phenoxy) is 1. The SMILES string of the molecule is CCCc1nc2c(cc1C(=O)O)C(=O)N(C1CCN(Cc3cc(C4CC4)c(-c4ccc(F)cc4)c(F)c3OC)CC1)CC2. The van der Waals surface area contributed by atoms with Gasteiger partial charge >= 0.3 is 5.97 Å². The van der Waals surface area contributed by atoms with Crippen LogP contribution in [0.25, 0.3) is 11.1 Å². The average molecular weight is 590 g/mol. The number of halogens is 2. The number of aromatic nitrogens is 1. The van der Waals surface area contributed by atoms with Gasteiger partial charge in [0.2, 0.25) is 0 Å². The topological polar surface area (TPSA) is 83.0 Å². The smallest absolute Gasteiger partial charge is 0.337 e. The number of aromatic carboxylic acids is 1. The Morgan fingerprint density at radius 3 is 2.42 bits per heavy atom. The number of carboxylic acids is 1. The van der Waals surface area contributed by atoms with E-state index in [0.29, 0.717) is 54.0 Å². The summed E-state index contributed by atoms with van der Waals surface area (Å²) < 4.78 is 35.2. The number of carboxylic acid groups (broad SMARTS) is 1. The van der Waals surface area contributed by atoms with Crippen LogP contribution in [0.5, 0.6) is 5.75 Å². The Hall–Kier alpha value is -3.85. The molecule has 43 heavy (non-hydrogen) atoms. The van der Waals surface area contributed by atoms with E-state index >= 15 is 4.39 Å². The highest BCUT2D eigenvalue weighted by Gasteiger charge is 2.35. The fourth-order valence-electron chi connectivity index (χ4n) is 6.71. The molecule has 1 aromatic heterocycles. The van der Waals surface area contributed by atoms with Gasteiger partial charge in [-0.25, -0.2) is 13.6 Å². The zero-order chi connectivity index (χ0) is 30.2. The monoisotopic (exact) mass is 589 g/mol.